The fraction of sp³-hybridized carbons (Fsp3) is 1.00. The summed E-state index contributed by atoms with van der Waals surface area (Å²) in [6, 6.07) is 0.721. The van der Waals surface area contributed by atoms with Crippen molar-refractivity contribution in [1.82, 2.24) is 15.1 Å². The number of nitrogens with zero attached hydrogens (tertiary/aromatic N) is 2. The number of rotatable bonds is 3. The molecule has 0 spiro atoms. The Balaban J connectivity index is 1.68. The van der Waals surface area contributed by atoms with Gasteiger partial charge in [-0.1, -0.05) is 0 Å². The zero-order chi connectivity index (χ0) is 11.4. The van der Waals surface area contributed by atoms with E-state index in [1.54, 1.807) is 0 Å². The molecule has 1 atom stereocenters. The third kappa shape index (κ3) is 3.44. The quantitative estimate of drug-likeness (QED) is 0.773. The second-order valence-electron chi connectivity index (χ2n) is 5.64. The van der Waals surface area contributed by atoms with E-state index in [2.05, 4.69) is 29.0 Å². The van der Waals surface area contributed by atoms with Crippen molar-refractivity contribution in [2.45, 2.75) is 32.7 Å². The van der Waals surface area contributed by atoms with Crippen LogP contribution >= 0.6 is 0 Å². The standard InChI is InChI=1S/C13H27N3/c1-12(2)16-8-6-15(7-9-16)11-13-4-3-5-14-10-13/h12-14H,3-11H2,1-2H3/t13-/m1/s1. The first-order valence-electron chi connectivity index (χ1n) is 6.93. The van der Waals surface area contributed by atoms with Gasteiger partial charge in [0.1, 0.15) is 0 Å². The van der Waals surface area contributed by atoms with Gasteiger partial charge in [-0.25, -0.2) is 0 Å². The molecule has 2 fully saturated rings. The molecule has 0 saturated carbocycles. The van der Waals surface area contributed by atoms with Gasteiger partial charge in [0, 0.05) is 38.8 Å². The Labute approximate surface area is 100 Å². The molecule has 2 aliphatic rings. The van der Waals surface area contributed by atoms with Gasteiger partial charge in [-0.15, -0.1) is 0 Å². The van der Waals surface area contributed by atoms with Crippen molar-refractivity contribution in [1.29, 1.82) is 0 Å². The highest BCUT2D eigenvalue weighted by molar-refractivity contribution is 4.78. The summed E-state index contributed by atoms with van der Waals surface area (Å²) in [7, 11) is 0. The third-order valence-electron chi connectivity index (χ3n) is 4.05. The summed E-state index contributed by atoms with van der Waals surface area (Å²) in [6.07, 6.45) is 2.80. The number of nitrogens with one attached hydrogen (secondary N) is 1. The fourth-order valence-corrected chi connectivity index (χ4v) is 2.91. The van der Waals surface area contributed by atoms with Crippen LogP contribution in [0, 0.1) is 5.92 Å². The maximum absolute atomic E-state index is 3.51. The molecule has 0 aliphatic carbocycles. The predicted molar refractivity (Wildman–Crippen MR) is 68.7 cm³/mol. The summed E-state index contributed by atoms with van der Waals surface area (Å²) < 4.78 is 0. The molecule has 0 aromatic rings. The van der Waals surface area contributed by atoms with Gasteiger partial charge < -0.3 is 10.2 Å². The van der Waals surface area contributed by atoms with E-state index in [9.17, 15) is 0 Å². The molecule has 1 N–H and O–H groups in total. The molecule has 2 saturated heterocycles. The van der Waals surface area contributed by atoms with Crippen molar-refractivity contribution < 1.29 is 0 Å². The van der Waals surface area contributed by atoms with Crippen molar-refractivity contribution >= 4 is 0 Å². The van der Waals surface area contributed by atoms with Crippen molar-refractivity contribution in [3.05, 3.63) is 0 Å². The number of hydrogen-bond acceptors (Lipinski definition) is 3. The molecule has 3 heteroatoms. The molecular formula is C13H27N3. The molecule has 0 aromatic heterocycles. The molecule has 0 aromatic carbocycles. The van der Waals surface area contributed by atoms with Gasteiger partial charge in [0.15, 0.2) is 0 Å². The zero-order valence-corrected chi connectivity index (χ0v) is 10.9. The van der Waals surface area contributed by atoms with Gasteiger partial charge in [0.25, 0.3) is 0 Å². The Morgan fingerprint density at radius 2 is 1.94 bits per heavy atom. The molecule has 0 amide bonds. The Hall–Kier alpha value is -0.120. The van der Waals surface area contributed by atoms with Crippen LogP contribution in [-0.2, 0) is 0 Å². The van der Waals surface area contributed by atoms with Crippen molar-refractivity contribution in [2.24, 2.45) is 5.92 Å². The van der Waals surface area contributed by atoms with E-state index in [-0.39, 0.29) is 0 Å². The van der Waals surface area contributed by atoms with E-state index in [0.717, 1.165) is 12.0 Å². The largest absolute Gasteiger partial charge is 0.316 e. The first-order chi connectivity index (χ1) is 7.75. The molecule has 3 nitrogen and oxygen atoms in total. The lowest BCUT2D eigenvalue weighted by Gasteiger charge is -2.39. The van der Waals surface area contributed by atoms with Gasteiger partial charge in [-0.2, -0.15) is 0 Å². The van der Waals surface area contributed by atoms with Crippen molar-refractivity contribution in [3.8, 4) is 0 Å². The van der Waals surface area contributed by atoms with Crippen LogP contribution in [0.2, 0.25) is 0 Å². The zero-order valence-electron chi connectivity index (χ0n) is 10.9. The van der Waals surface area contributed by atoms with Crippen molar-refractivity contribution in [3.63, 3.8) is 0 Å². The average Bonchev–Trinajstić information content (AvgIpc) is 2.31. The highest BCUT2D eigenvalue weighted by Crippen LogP contribution is 2.13. The highest BCUT2D eigenvalue weighted by atomic mass is 15.3. The molecule has 2 aliphatic heterocycles. The van der Waals surface area contributed by atoms with E-state index >= 15 is 0 Å². The minimum absolute atomic E-state index is 0.721. The summed E-state index contributed by atoms with van der Waals surface area (Å²) >= 11 is 0. The SMILES string of the molecule is CC(C)N1CCN(C[C@@H]2CCCNC2)CC1. The summed E-state index contributed by atoms with van der Waals surface area (Å²) in [6.45, 7) is 13.5. The molecule has 2 heterocycles. The molecule has 94 valence electrons. The molecule has 0 unspecified atom stereocenters. The van der Waals surface area contributed by atoms with Crippen LogP contribution in [-0.4, -0.2) is 61.7 Å². The van der Waals surface area contributed by atoms with Crippen LogP contribution in [0.15, 0.2) is 0 Å². The minimum Gasteiger partial charge on any atom is -0.316 e. The molecule has 16 heavy (non-hydrogen) atoms. The van der Waals surface area contributed by atoms with Gasteiger partial charge >= 0.3 is 0 Å². The third-order valence-corrected chi connectivity index (χ3v) is 4.05. The second-order valence-corrected chi connectivity index (χ2v) is 5.64. The minimum atomic E-state index is 0.721. The van der Waals surface area contributed by atoms with Crippen molar-refractivity contribution in [2.75, 3.05) is 45.8 Å². The van der Waals surface area contributed by atoms with E-state index in [1.165, 1.54) is 58.7 Å². The summed E-state index contributed by atoms with van der Waals surface area (Å²) in [5.74, 6) is 0.902. The first-order valence-corrected chi connectivity index (χ1v) is 6.93. The number of piperazine rings is 1. The number of piperidine rings is 1. The molecule has 0 bridgehead atoms. The van der Waals surface area contributed by atoms with Crippen LogP contribution in [0.4, 0.5) is 0 Å². The van der Waals surface area contributed by atoms with E-state index in [4.69, 9.17) is 0 Å². The van der Waals surface area contributed by atoms with Crippen LogP contribution in [0.5, 0.6) is 0 Å². The van der Waals surface area contributed by atoms with E-state index < -0.39 is 0 Å². The number of hydrogen-bond donors (Lipinski definition) is 1. The fourth-order valence-electron chi connectivity index (χ4n) is 2.91. The molecule has 0 radical (unpaired) electrons. The Morgan fingerprint density at radius 1 is 1.19 bits per heavy atom. The van der Waals surface area contributed by atoms with Crippen LogP contribution in [0.1, 0.15) is 26.7 Å². The van der Waals surface area contributed by atoms with E-state index in [1.807, 2.05) is 0 Å². The maximum atomic E-state index is 3.51. The van der Waals surface area contributed by atoms with Gasteiger partial charge in [-0.3, -0.25) is 4.90 Å². The Kier molecular flexibility index (Phi) is 4.62. The van der Waals surface area contributed by atoms with Crippen LogP contribution < -0.4 is 5.32 Å². The molecule has 2 rings (SSSR count). The second kappa shape index (κ2) is 5.99. The monoisotopic (exact) mass is 225 g/mol. The average molecular weight is 225 g/mol. The topological polar surface area (TPSA) is 18.5 Å². The Bertz CT molecular complexity index is 191. The predicted octanol–water partition coefficient (Wildman–Crippen LogP) is 1.01. The smallest absolute Gasteiger partial charge is 0.0113 e. The maximum Gasteiger partial charge on any atom is 0.0113 e. The first kappa shape index (κ1) is 12.3. The van der Waals surface area contributed by atoms with Gasteiger partial charge in [0.05, 0.1) is 0 Å². The van der Waals surface area contributed by atoms with Gasteiger partial charge in [-0.05, 0) is 45.7 Å². The highest BCUT2D eigenvalue weighted by Gasteiger charge is 2.22. The summed E-state index contributed by atoms with van der Waals surface area (Å²) in [5.41, 5.74) is 0. The molecular weight excluding hydrogens is 198 g/mol. The van der Waals surface area contributed by atoms with Crippen LogP contribution in [0.25, 0.3) is 0 Å². The lowest BCUT2D eigenvalue weighted by molar-refractivity contribution is 0.0929. The Morgan fingerprint density at radius 3 is 2.50 bits per heavy atom. The van der Waals surface area contributed by atoms with E-state index in [0.29, 0.717) is 0 Å². The summed E-state index contributed by atoms with van der Waals surface area (Å²) in [4.78, 5) is 5.26. The normalized spacial score (nSPS) is 29.8. The lowest BCUT2D eigenvalue weighted by Crippen LogP contribution is -2.50. The lowest BCUT2D eigenvalue weighted by atomic mass is 9.99. The van der Waals surface area contributed by atoms with Crippen LogP contribution in [0.3, 0.4) is 0 Å². The van der Waals surface area contributed by atoms with Gasteiger partial charge in [0.2, 0.25) is 0 Å². The summed E-state index contributed by atoms with van der Waals surface area (Å²) in [5, 5.41) is 3.51.